The fourth-order valence-electron chi connectivity index (χ4n) is 3.31. The van der Waals surface area contributed by atoms with E-state index in [0.717, 1.165) is 30.1 Å². The number of aliphatic carboxylic acids is 1. The van der Waals surface area contributed by atoms with E-state index in [-0.39, 0.29) is 18.2 Å². The maximum Gasteiger partial charge on any atom is 0.304 e. The van der Waals surface area contributed by atoms with Gasteiger partial charge in [0.1, 0.15) is 17.5 Å². The molecule has 0 amide bonds. The standard InChI is InChI=1S/C19H22N4O2S/c1-12(6-18(24)25)16-8-14(15(9-20)19(21)22-16)17-7-13(11-26-17)10-23-4-2-3-5-23/h7-8,11-12H,2-6,10H2,1H3,(H2,21,22)(H,24,25). The third-order valence-electron chi connectivity index (χ3n) is 4.69. The lowest BCUT2D eigenvalue weighted by molar-refractivity contribution is -0.137. The molecule has 136 valence electrons. The Hall–Kier alpha value is -2.43. The summed E-state index contributed by atoms with van der Waals surface area (Å²) in [5, 5.41) is 20.6. The monoisotopic (exact) mass is 370 g/mol. The SMILES string of the molecule is CC(CC(=O)O)c1cc(-c2cc(CN3CCCC3)cs2)c(C#N)c(N)n1. The molecule has 1 aliphatic heterocycles. The number of aromatic nitrogens is 1. The molecule has 1 fully saturated rings. The van der Waals surface area contributed by atoms with Gasteiger partial charge in [0.2, 0.25) is 0 Å². The maximum absolute atomic E-state index is 11.0. The van der Waals surface area contributed by atoms with Gasteiger partial charge in [0, 0.05) is 28.6 Å². The van der Waals surface area contributed by atoms with E-state index in [4.69, 9.17) is 10.8 Å². The zero-order chi connectivity index (χ0) is 18.7. The molecule has 2 aromatic heterocycles. The van der Waals surface area contributed by atoms with E-state index < -0.39 is 5.97 Å². The number of nitriles is 1. The predicted octanol–water partition coefficient (Wildman–Crippen LogP) is 3.44. The zero-order valence-corrected chi connectivity index (χ0v) is 15.6. The summed E-state index contributed by atoms with van der Waals surface area (Å²) in [5.74, 6) is -0.995. The van der Waals surface area contributed by atoms with E-state index >= 15 is 0 Å². The number of carboxylic acids is 1. The van der Waals surface area contributed by atoms with Crippen LogP contribution in [0.1, 0.15) is 48.9 Å². The fourth-order valence-corrected chi connectivity index (χ4v) is 4.24. The number of nitrogen functional groups attached to an aromatic ring is 1. The summed E-state index contributed by atoms with van der Waals surface area (Å²) < 4.78 is 0. The molecular weight excluding hydrogens is 348 g/mol. The lowest BCUT2D eigenvalue weighted by Crippen LogP contribution is -2.17. The average molecular weight is 370 g/mol. The third kappa shape index (κ3) is 4.03. The van der Waals surface area contributed by atoms with Gasteiger partial charge in [-0.15, -0.1) is 11.3 Å². The van der Waals surface area contributed by atoms with Gasteiger partial charge in [-0.25, -0.2) is 4.98 Å². The Morgan fingerprint density at radius 2 is 2.19 bits per heavy atom. The molecule has 0 aliphatic carbocycles. The van der Waals surface area contributed by atoms with Crippen molar-refractivity contribution in [3.8, 4) is 16.5 Å². The minimum atomic E-state index is -0.882. The first-order valence-electron chi connectivity index (χ1n) is 8.70. The highest BCUT2D eigenvalue weighted by Crippen LogP contribution is 2.35. The molecular formula is C19H22N4O2S. The highest BCUT2D eigenvalue weighted by Gasteiger charge is 2.19. The summed E-state index contributed by atoms with van der Waals surface area (Å²) >= 11 is 1.58. The van der Waals surface area contributed by atoms with E-state index in [2.05, 4.69) is 27.4 Å². The lowest BCUT2D eigenvalue weighted by Gasteiger charge is -2.13. The molecule has 3 heterocycles. The number of nitrogens with zero attached hydrogens (tertiary/aromatic N) is 3. The first-order valence-corrected chi connectivity index (χ1v) is 9.58. The Labute approximate surface area is 156 Å². The summed E-state index contributed by atoms with van der Waals surface area (Å²) in [6, 6.07) is 6.06. The third-order valence-corrected chi connectivity index (χ3v) is 5.70. The quantitative estimate of drug-likeness (QED) is 0.807. The van der Waals surface area contributed by atoms with Crippen LogP contribution in [0, 0.1) is 11.3 Å². The second-order valence-corrected chi connectivity index (χ2v) is 7.68. The molecule has 0 radical (unpaired) electrons. The Kier molecular flexibility index (Phi) is 5.55. The molecule has 1 atom stereocenters. The fraction of sp³-hybridized carbons (Fsp3) is 0.421. The molecule has 26 heavy (non-hydrogen) atoms. The zero-order valence-electron chi connectivity index (χ0n) is 14.7. The number of carboxylic acid groups (broad SMARTS) is 1. The minimum Gasteiger partial charge on any atom is -0.481 e. The van der Waals surface area contributed by atoms with Crippen molar-refractivity contribution in [2.75, 3.05) is 18.8 Å². The van der Waals surface area contributed by atoms with Crippen molar-refractivity contribution in [3.63, 3.8) is 0 Å². The molecule has 0 bridgehead atoms. The number of carbonyl (C=O) groups is 1. The summed E-state index contributed by atoms with van der Waals surface area (Å²) in [4.78, 5) is 18.7. The average Bonchev–Trinajstić information content (AvgIpc) is 3.26. The van der Waals surface area contributed by atoms with Gasteiger partial charge in [0.25, 0.3) is 0 Å². The van der Waals surface area contributed by atoms with Gasteiger partial charge >= 0.3 is 5.97 Å². The van der Waals surface area contributed by atoms with Crippen LogP contribution in [0.25, 0.3) is 10.4 Å². The van der Waals surface area contributed by atoms with Gasteiger partial charge in [0.05, 0.1) is 6.42 Å². The van der Waals surface area contributed by atoms with Crippen molar-refractivity contribution in [2.24, 2.45) is 0 Å². The van der Waals surface area contributed by atoms with Crippen molar-refractivity contribution in [3.05, 3.63) is 34.3 Å². The van der Waals surface area contributed by atoms with Crippen LogP contribution < -0.4 is 5.73 Å². The van der Waals surface area contributed by atoms with Crippen LogP contribution in [-0.2, 0) is 11.3 Å². The van der Waals surface area contributed by atoms with Gasteiger partial charge in [-0.1, -0.05) is 6.92 Å². The first kappa shape index (κ1) is 18.4. The minimum absolute atomic E-state index is 0.0254. The topological polar surface area (TPSA) is 103 Å². The van der Waals surface area contributed by atoms with Crippen molar-refractivity contribution in [1.29, 1.82) is 5.26 Å². The van der Waals surface area contributed by atoms with E-state index in [1.54, 1.807) is 18.3 Å². The molecule has 6 nitrogen and oxygen atoms in total. The number of rotatable bonds is 6. The van der Waals surface area contributed by atoms with Gasteiger partial charge in [-0.3, -0.25) is 9.69 Å². The molecule has 7 heteroatoms. The van der Waals surface area contributed by atoms with Crippen LogP contribution >= 0.6 is 11.3 Å². The number of thiophene rings is 1. The molecule has 1 unspecified atom stereocenters. The van der Waals surface area contributed by atoms with Crippen molar-refractivity contribution >= 4 is 23.1 Å². The molecule has 1 aliphatic rings. The molecule has 0 spiro atoms. The van der Waals surface area contributed by atoms with Gasteiger partial charge in [0.15, 0.2) is 0 Å². The lowest BCUT2D eigenvalue weighted by atomic mass is 9.98. The van der Waals surface area contributed by atoms with E-state index in [0.29, 0.717) is 11.3 Å². The highest BCUT2D eigenvalue weighted by atomic mass is 32.1. The van der Waals surface area contributed by atoms with Gasteiger partial charge < -0.3 is 10.8 Å². The van der Waals surface area contributed by atoms with Crippen molar-refractivity contribution in [1.82, 2.24) is 9.88 Å². The maximum atomic E-state index is 11.0. The number of likely N-dealkylation sites (tertiary alicyclic amines) is 1. The number of hydrogen-bond acceptors (Lipinski definition) is 6. The molecule has 3 N–H and O–H groups in total. The summed E-state index contributed by atoms with van der Waals surface area (Å²) in [6.07, 6.45) is 2.48. The second-order valence-electron chi connectivity index (χ2n) is 6.77. The number of nitrogens with two attached hydrogens (primary N) is 1. The van der Waals surface area contributed by atoms with Gasteiger partial charge in [-0.2, -0.15) is 5.26 Å². The number of hydrogen-bond donors (Lipinski definition) is 2. The van der Waals surface area contributed by atoms with Crippen LogP contribution in [-0.4, -0.2) is 34.0 Å². The molecule has 0 saturated carbocycles. The number of anilines is 1. The summed E-state index contributed by atoms with van der Waals surface area (Å²) in [7, 11) is 0. The van der Waals surface area contributed by atoms with E-state index in [9.17, 15) is 10.1 Å². The van der Waals surface area contributed by atoms with Crippen LogP contribution in [0.15, 0.2) is 17.5 Å². The Morgan fingerprint density at radius 3 is 2.85 bits per heavy atom. The normalized spacial score (nSPS) is 15.7. The highest BCUT2D eigenvalue weighted by molar-refractivity contribution is 7.13. The van der Waals surface area contributed by atoms with Crippen LogP contribution in [0.4, 0.5) is 5.82 Å². The number of pyridine rings is 1. The smallest absolute Gasteiger partial charge is 0.304 e. The van der Waals surface area contributed by atoms with E-state index in [1.807, 2.05) is 6.07 Å². The molecule has 1 saturated heterocycles. The van der Waals surface area contributed by atoms with Crippen molar-refractivity contribution in [2.45, 2.75) is 38.6 Å². The second kappa shape index (κ2) is 7.85. The van der Waals surface area contributed by atoms with Crippen LogP contribution in [0.3, 0.4) is 0 Å². The predicted molar refractivity (Wildman–Crippen MR) is 102 cm³/mol. The Bertz CT molecular complexity index is 850. The molecule has 0 aromatic carbocycles. The van der Waals surface area contributed by atoms with Gasteiger partial charge in [-0.05, 0) is 49.0 Å². The molecule has 2 aromatic rings. The Morgan fingerprint density at radius 1 is 1.46 bits per heavy atom. The van der Waals surface area contributed by atoms with E-state index in [1.165, 1.54) is 18.4 Å². The first-order chi connectivity index (χ1) is 12.5. The summed E-state index contributed by atoms with van der Waals surface area (Å²) in [5.41, 5.74) is 8.92. The van der Waals surface area contributed by atoms with Crippen LogP contribution in [0.5, 0.6) is 0 Å². The largest absolute Gasteiger partial charge is 0.481 e. The molecule has 3 rings (SSSR count). The summed E-state index contributed by atoms with van der Waals surface area (Å²) in [6.45, 7) is 4.99. The van der Waals surface area contributed by atoms with Crippen LogP contribution in [0.2, 0.25) is 0 Å². The Balaban J connectivity index is 1.92. The van der Waals surface area contributed by atoms with Crippen molar-refractivity contribution < 1.29 is 9.90 Å².